The van der Waals surface area contributed by atoms with E-state index in [1.165, 1.54) is 17.2 Å². The Kier molecular flexibility index (Phi) is 11.0. The Morgan fingerprint density at radius 3 is 2.44 bits per heavy atom. The van der Waals surface area contributed by atoms with Crippen molar-refractivity contribution >= 4 is 23.7 Å². The number of alkyl halides is 6. The van der Waals surface area contributed by atoms with E-state index in [9.17, 15) is 46.3 Å². The lowest BCUT2D eigenvalue weighted by Crippen LogP contribution is -2.46. The Labute approximate surface area is 269 Å². The molecule has 0 bridgehead atoms. The lowest BCUT2D eigenvalue weighted by molar-refractivity contribution is -0.138. The summed E-state index contributed by atoms with van der Waals surface area (Å²) in [4.78, 5) is 33.7. The molecule has 1 amide bonds. The number of aliphatic carboxylic acids is 1. The molecular weight excluding hydrogens is 652 g/mol. The Morgan fingerprint density at radius 1 is 1.08 bits per heavy atom. The lowest BCUT2D eigenvalue weighted by Gasteiger charge is -2.40. The highest BCUT2D eigenvalue weighted by molar-refractivity contribution is 5.90. The van der Waals surface area contributed by atoms with Crippen LogP contribution in [0.5, 0.6) is 5.75 Å². The number of nitrogens with one attached hydrogen (secondary N) is 1. The third-order valence-corrected chi connectivity index (χ3v) is 7.37. The molecule has 0 saturated carbocycles. The summed E-state index contributed by atoms with van der Waals surface area (Å²) >= 11 is 0. The number of rotatable bonds is 11. The van der Waals surface area contributed by atoms with Gasteiger partial charge in [-0.05, 0) is 60.4 Å². The fraction of sp³-hybridized carbons (Fsp3) is 0.387. The maximum absolute atomic E-state index is 13.8. The summed E-state index contributed by atoms with van der Waals surface area (Å²) in [6.45, 7) is 0.667. The molecule has 0 fully saturated rings. The second-order valence-electron chi connectivity index (χ2n) is 10.7. The number of carboxylic acids is 1. The van der Waals surface area contributed by atoms with Gasteiger partial charge >= 0.3 is 24.4 Å². The summed E-state index contributed by atoms with van der Waals surface area (Å²) in [7, 11) is 0. The minimum Gasteiger partial charge on any atom is -0.488 e. The SMILES string of the molecule is CC[C@@H]1C[C@H](Nc2ncc(OCCO)c(Cc3cc(C#N)cc(C(F)(F)F)c3)n2)c2cc(C(F)(F)F)ccc2N1C(=O)OCCC(=O)O. The molecule has 1 aliphatic rings. The molecule has 3 aromatic rings. The van der Waals surface area contributed by atoms with Crippen LogP contribution in [-0.4, -0.2) is 58.1 Å². The van der Waals surface area contributed by atoms with Crippen molar-refractivity contribution in [3.05, 3.63) is 76.1 Å². The summed E-state index contributed by atoms with van der Waals surface area (Å²) < 4.78 is 92.5. The number of amides is 1. The van der Waals surface area contributed by atoms with Crippen molar-refractivity contribution in [3.8, 4) is 11.8 Å². The van der Waals surface area contributed by atoms with Crippen molar-refractivity contribution in [2.45, 2.75) is 57.0 Å². The molecule has 0 radical (unpaired) electrons. The lowest BCUT2D eigenvalue weighted by atomic mass is 9.89. The summed E-state index contributed by atoms with van der Waals surface area (Å²) in [5.41, 5.74) is -2.09. The van der Waals surface area contributed by atoms with Gasteiger partial charge in [-0.15, -0.1) is 0 Å². The number of aliphatic hydroxyl groups is 1. The van der Waals surface area contributed by atoms with E-state index >= 15 is 0 Å². The molecule has 0 spiro atoms. The molecule has 2 heterocycles. The second kappa shape index (κ2) is 14.8. The first-order valence-corrected chi connectivity index (χ1v) is 14.5. The molecule has 3 N–H and O–H groups in total. The van der Waals surface area contributed by atoms with Gasteiger partial charge in [-0.3, -0.25) is 9.69 Å². The maximum Gasteiger partial charge on any atom is 0.416 e. The summed E-state index contributed by atoms with van der Waals surface area (Å²) in [5.74, 6) is -1.33. The van der Waals surface area contributed by atoms with Crippen molar-refractivity contribution in [1.82, 2.24) is 9.97 Å². The zero-order valence-corrected chi connectivity index (χ0v) is 25.2. The van der Waals surface area contributed by atoms with Crippen LogP contribution in [0.3, 0.4) is 0 Å². The summed E-state index contributed by atoms with van der Waals surface area (Å²) in [5, 5.41) is 30.4. The average Bonchev–Trinajstić information content (AvgIpc) is 3.02. The normalized spacial score (nSPS) is 16.1. The van der Waals surface area contributed by atoms with Gasteiger partial charge in [-0.1, -0.05) is 6.92 Å². The van der Waals surface area contributed by atoms with Gasteiger partial charge in [0.2, 0.25) is 5.95 Å². The van der Waals surface area contributed by atoms with Crippen LogP contribution in [0.15, 0.2) is 42.6 Å². The number of anilines is 2. The van der Waals surface area contributed by atoms with Gasteiger partial charge in [-0.25, -0.2) is 14.8 Å². The summed E-state index contributed by atoms with van der Waals surface area (Å²) in [6, 6.07) is 5.73. The van der Waals surface area contributed by atoms with Gasteiger partial charge in [0.15, 0.2) is 5.75 Å². The maximum atomic E-state index is 13.8. The molecule has 0 aliphatic carbocycles. The molecule has 2 atom stereocenters. The van der Waals surface area contributed by atoms with E-state index in [0.717, 1.165) is 24.3 Å². The monoisotopic (exact) mass is 681 g/mol. The van der Waals surface area contributed by atoms with E-state index in [1.807, 2.05) is 0 Å². The molecule has 0 unspecified atom stereocenters. The Balaban J connectivity index is 1.74. The number of carboxylic acid groups (broad SMARTS) is 1. The Morgan fingerprint density at radius 2 is 1.81 bits per heavy atom. The molecule has 4 rings (SSSR count). The number of carbonyl (C=O) groups is 2. The molecule has 0 saturated heterocycles. The fourth-order valence-electron chi connectivity index (χ4n) is 5.21. The largest absolute Gasteiger partial charge is 0.488 e. The quantitative estimate of drug-likeness (QED) is 0.202. The van der Waals surface area contributed by atoms with Gasteiger partial charge in [0.25, 0.3) is 0 Å². The highest BCUT2D eigenvalue weighted by Crippen LogP contribution is 2.43. The third-order valence-electron chi connectivity index (χ3n) is 7.37. The molecule has 1 aromatic heterocycles. The molecule has 11 nitrogen and oxygen atoms in total. The van der Waals surface area contributed by atoms with Crippen molar-refractivity contribution in [1.29, 1.82) is 5.26 Å². The number of hydrogen-bond acceptors (Lipinski definition) is 9. The third kappa shape index (κ3) is 8.62. The van der Waals surface area contributed by atoms with Crippen molar-refractivity contribution < 1.29 is 55.6 Å². The standard InChI is InChI=1S/C31H29F6N5O6/c1-2-21-14-23(22-13-19(30(32,33)34)3-4-25(22)42(21)29(46)48-7-5-27(44)45)40-28-39-16-26(47-8-6-43)24(41-28)12-17-9-18(15-38)11-20(10-17)31(35,36)37/h3-4,9-11,13,16,21,23,43H,2,5-8,12,14H2,1H3,(H,44,45)(H,39,40,41)/t21-,23+/m1/s1. The first kappa shape index (κ1) is 35.7. The Bertz CT molecular complexity index is 1690. The molecule has 256 valence electrons. The van der Waals surface area contributed by atoms with Crippen molar-refractivity contribution in [3.63, 3.8) is 0 Å². The van der Waals surface area contributed by atoms with Gasteiger partial charge in [0, 0.05) is 12.5 Å². The van der Waals surface area contributed by atoms with Crippen molar-refractivity contribution in [2.75, 3.05) is 30.0 Å². The smallest absolute Gasteiger partial charge is 0.416 e. The molecule has 2 aromatic carbocycles. The number of nitrogens with zero attached hydrogens (tertiary/aromatic N) is 4. The van der Waals surface area contributed by atoms with Gasteiger partial charge in [-0.2, -0.15) is 31.6 Å². The molecule has 48 heavy (non-hydrogen) atoms. The Hall–Kier alpha value is -5.11. The number of aromatic nitrogens is 2. The van der Waals surface area contributed by atoms with E-state index in [1.54, 1.807) is 13.0 Å². The van der Waals surface area contributed by atoms with E-state index in [-0.39, 0.29) is 59.2 Å². The minimum atomic E-state index is -4.74. The van der Waals surface area contributed by atoms with E-state index in [4.69, 9.17) is 14.6 Å². The number of carbonyl (C=O) groups excluding carboxylic acids is 1. The van der Waals surface area contributed by atoms with Crippen LogP contribution in [0.2, 0.25) is 0 Å². The van der Waals surface area contributed by atoms with Gasteiger partial charge in [0.05, 0.1) is 59.4 Å². The number of nitriles is 1. The van der Waals surface area contributed by atoms with Crippen LogP contribution in [0, 0.1) is 11.3 Å². The van der Waals surface area contributed by atoms with Crippen LogP contribution in [0.4, 0.5) is 42.8 Å². The summed E-state index contributed by atoms with van der Waals surface area (Å²) in [6.07, 6.45) is -9.62. The number of ether oxygens (including phenoxy) is 2. The van der Waals surface area contributed by atoms with Crippen molar-refractivity contribution in [2.24, 2.45) is 0 Å². The zero-order chi connectivity index (χ0) is 35.2. The predicted octanol–water partition coefficient (Wildman–Crippen LogP) is 6.10. The number of halogens is 6. The van der Waals surface area contributed by atoms with Crippen LogP contribution < -0.4 is 15.0 Å². The average molecular weight is 682 g/mol. The minimum absolute atomic E-state index is 0.00985. The van der Waals surface area contributed by atoms with E-state index < -0.39 is 67.3 Å². The highest BCUT2D eigenvalue weighted by atomic mass is 19.4. The second-order valence-corrected chi connectivity index (χ2v) is 10.7. The van der Waals surface area contributed by atoms with Gasteiger partial charge in [0.1, 0.15) is 13.2 Å². The van der Waals surface area contributed by atoms with Crippen LogP contribution in [0.25, 0.3) is 0 Å². The number of aliphatic hydroxyl groups excluding tert-OH is 1. The molecule has 1 aliphatic heterocycles. The number of benzene rings is 2. The number of fused-ring (bicyclic) bond motifs is 1. The first-order valence-electron chi connectivity index (χ1n) is 14.5. The molecule has 17 heteroatoms. The highest BCUT2D eigenvalue weighted by Gasteiger charge is 2.39. The topological polar surface area (TPSA) is 158 Å². The van der Waals surface area contributed by atoms with Crippen LogP contribution in [-0.2, 0) is 28.3 Å². The zero-order valence-electron chi connectivity index (χ0n) is 25.2. The molecular formula is C31H29F6N5O6. The van der Waals surface area contributed by atoms with Crippen LogP contribution in [0.1, 0.15) is 65.7 Å². The first-order chi connectivity index (χ1) is 22.6. The van der Waals surface area contributed by atoms with Crippen LogP contribution >= 0.6 is 0 Å². The predicted molar refractivity (Wildman–Crippen MR) is 156 cm³/mol. The van der Waals surface area contributed by atoms with E-state index in [2.05, 4.69) is 15.3 Å². The fourth-order valence-corrected chi connectivity index (χ4v) is 5.21. The van der Waals surface area contributed by atoms with Gasteiger partial charge < -0.3 is 25.0 Å². The van der Waals surface area contributed by atoms with E-state index in [0.29, 0.717) is 12.5 Å². The number of hydrogen-bond donors (Lipinski definition) is 3.